The number of aliphatic hydroxyl groups excluding tert-OH is 1. The number of hydrogen-bond acceptors (Lipinski definition) is 5. The van der Waals surface area contributed by atoms with E-state index in [0.29, 0.717) is 6.61 Å². The molecule has 0 saturated heterocycles. The fraction of sp³-hybridized carbons (Fsp3) is 0.909. The van der Waals surface area contributed by atoms with Gasteiger partial charge < -0.3 is 25.0 Å². The molecule has 0 heterocycles. The number of aliphatic hydroxyl groups is 1. The van der Waals surface area contributed by atoms with E-state index in [9.17, 15) is 5.11 Å². The number of carbonyl (C=O) groups is 2. The van der Waals surface area contributed by atoms with Gasteiger partial charge in [-0.05, 0) is 38.3 Å². The maximum absolute atomic E-state index is 9.20. The Bertz CT molecular complexity index is 299. The Morgan fingerprint density at radius 2 is 1.28 bits per heavy atom. The van der Waals surface area contributed by atoms with E-state index < -0.39 is 0 Å². The SMILES string of the molecule is CCC(C)CCCCCCCN(CCO)CCCCCCOC.O=CO.O=CO. The molecule has 0 aromatic rings. The van der Waals surface area contributed by atoms with Crippen LogP contribution in [0.1, 0.15) is 84.5 Å². The first-order chi connectivity index (χ1) is 14.1. The van der Waals surface area contributed by atoms with Crippen molar-refractivity contribution in [3.05, 3.63) is 0 Å². The first-order valence-electron chi connectivity index (χ1n) is 11.1. The van der Waals surface area contributed by atoms with Crippen molar-refractivity contribution in [3.63, 3.8) is 0 Å². The van der Waals surface area contributed by atoms with Crippen LogP contribution in [0.25, 0.3) is 0 Å². The van der Waals surface area contributed by atoms with Gasteiger partial charge in [0.1, 0.15) is 0 Å². The van der Waals surface area contributed by atoms with E-state index >= 15 is 0 Å². The molecule has 0 radical (unpaired) electrons. The second-order valence-electron chi connectivity index (χ2n) is 7.25. The summed E-state index contributed by atoms with van der Waals surface area (Å²) in [5.74, 6) is 0.902. The van der Waals surface area contributed by atoms with Gasteiger partial charge in [-0.15, -0.1) is 0 Å². The summed E-state index contributed by atoms with van der Waals surface area (Å²) < 4.78 is 5.08. The van der Waals surface area contributed by atoms with Gasteiger partial charge in [-0.25, -0.2) is 0 Å². The smallest absolute Gasteiger partial charge is 0.290 e. The van der Waals surface area contributed by atoms with Gasteiger partial charge in [-0.2, -0.15) is 0 Å². The van der Waals surface area contributed by atoms with Gasteiger partial charge in [-0.3, -0.25) is 9.59 Å². The van der Waals surface area contributed by atoms with E-state index in [2.05, 4.69) is 18.7 Å². The molecular weight excluding hydrogens is 374 g/mol. The summed E-state index contributed by atoms with van der Waals surface area (Å²) in [5, 5.41) is 23.0. The lowest BCUT2D eigenvalue weighted by atomic mass is 10.00. The van der Waals surface area contributed by atoms with Gasteiger partial charge in [0, 0.05) is 20.3 Å². The van der Waals surface area contributed by atoms with Crippen LogP contribution in [0.2, 0.25) is 0 Å². The first kappa shape index (κ1) is 32.5. The zero-order chi connectivity index (χ0) is 22.6. The number of hydrogen-bond donors (Lipinski definition) is 3. The summed E-state index contributed by atoms with van der Waals surface area (Å²) in [4.78, 5) is 19.2. The lowest BCUT2D eigenvalue weighted by Crippen LogP contribution is -2.29. The lowest BCUT2D eigenvalue weighted by Gasteiger charge is -2.21. The molecule has 7 heteroatoms. The Labute approximate surface area is 178 Å². The molecular formula is C22H47NO6. The molecule has 0 rings (SSSR count). The summed E-state index contributed by atoms with van der Waals surface area (Å²) in [6.45, 7) is 8.47. The number of rotatable bonds is 18. The van der Waals surface area contributed by atoms with Crippen LogP contribution < -0.4 is 0 Å². The van der Waals surface area contributed by atoms with Gasteiger partial charge in [-0.1, -0.05) is 65.2 Å². The number of nitrogens with zero attached hydrogens (tertiary/aromatic N) is 1. The van der Waals surface area contributed by atoms with Crippen molar-refractivity contribution < 1.29 is 29.6 Å². The second kappa shape index (κ2) is 31.5. The van der Waals surface area contributed by atoms with Crippen LogP contribution in [0.15, 0.2) is 0 Å². The molecule has 0 amide bonds. The summed E-state index contributed by atoms with van der Waals surface area (Å²) in [6, 6.07) is 0. The van der Waals surface area contributed by atoms with Crippen molar-refractivity contribution in [3.8, 4) is 0 Å². The Morgan fingerprint density at radius 3 is 1.72 bits per heavy atom. The predicted molar refractivity (Wildman–Crippen MR) is 118 cm³/mol. The number of carboxylic acid groups (broad SMARTS) is 2. The van der Waals surface area contributed by atoms with E-state index in [0.717, 1.165) is 32.2 Å². The van der Waals surface area contributed by atoms with Crippen molar-refractivity contribution in [1.82, 2.24) is 4.90 Å². The third-order valence-corrected chi connectivity index (χ3v) is 4.86. The molecule has 0 saturated carbocycles. The van der Waals surface area contributed by atoms with Gasteiger partial charge in [0.25, 0.3) is 12.9 Å². The second-order valence-corrected chi connectivity index (χ2v) is 7.25. The highest BCUT2D eigenvalue weighted by atomic mass is 16.5. The fourth-order valence-corrected chi connectivity index (χ4v) is 2.97. The maximum atomic E-state index is 9.20. The quantitative estimate of drug-likeness (QED) is 0.224. The first-order valence-corrected chi connectivity index (χ1v) is 11.1. The molecule has 0 bridgehead atoms. The summed E-state index contributed by atoms with van der Waals surface area (Å²) >= 11 is 0. The molecule has 1 atom stereocenters. The van der Waals surface area contributed by atoms with E-state index in [-0.39, 0.29) is 12.9 Å². The molecule has 0 aliphatic rings. The normalized spacial score (nSPS) is 11.1. The van der Waals surface area contributed by atoms with Crippen molar-refractivity contribution >= 4 is 12.9 Å². The molecule has 0 spiro atoms. The topological polar surface area (TPSA) is 107 Å². The Kier molecular flexibility index (Phi) is 35.3. The van der Waals surface area contributed by atoms with Crippen LogP contribution in [-0.4, -0.2) is 73.1 Å². The third-order valence-electron chi connectivity index (χ3n) is 4.86. The fourth-order valence-electron chi connectivity index (χ4n) is 2.97. The van der Waals surface area contributed by atoms with Gasteiger partial charge in [0.05, 0.1) is 6.61 Å². The monoisotopic (exact) mass is 421 g/mol. The highest BCUT2D eigenvalue weighted by molar-refractivity contribution is 5.33. The number of ether oxygens (including phenoxy) is 1. The third kappa shape index (κ3) is 34.7. The van der Waals surface area contributed by atoms with Crippen molar-refractivity contribution in [2.45, 2.75) is 84.5 Å². The van der Waals surface area contributed by atoms with Crippen LogP contribution in [0.4, 0.5) is 0 Å². The van der Waals surface area contributed by atoms with Crippen LogP contribution in [0.3, 0.4) is 0 Å². The van der Waals surface area contributed by atoms with E-state index in [1.165, 1.54) is 70.6 Å². The van der Waals surface area contributed by atoms with Crippen LogP contribution in [0.5, 0.6) is 0 Å². The summed E-state index contributed by atoms with van der Waals surface area (Å²) in [6.07, 6.45) is 14.5. The van der Waals surface area contributed by atoms with Crippen LogP contribution in [0, 0.1) is 5.92 Å². The van der Waals surface area contributed by atoms with Crippen molar-refractivity contribution in [1.29, 1.82) is 0 Å². The lowest BCUT2D eigenvalue weighted by molar-refractivity contribution is -0.123. The molecule has 0 aromatic carbocycles. The maximum Gasteiger partial charge on any atom is 0.290 e. The standard InChI is InChI=1S/C20H43NO2.2CH2O2/c1-4-20(2)14-10-6-5-7-11-15-21(17-18-22)16-12-8-9-13-19-23-3;2*2-1-3/h20,22H,4-19H2,1-3H3;2*1H,(H,2,3). The average Bonchev–Trinajstić information content (AvgIpc) is 2.70. The Balaban J connectivity index is -0.000000993. The van der Waals surface area contributed by atoms with Crippen LogP contribution in [-0.2, 0) is 14.3 Å². The average molecular weight is 422 g/mol. The highest BCUT2D eigenvalue weighted by Crippen LogP contribution is 2.14. The number of unbranched alkanes of at least 4 members (excludes halogenated alkanes) is 7. The summed E-state index contributed by atoms with van der Waals surface area (Å²) in [7, 11) is 1.77. The van der Waals surface area contributed by atoms with E-state index in [1.54, 1.807) is 7.11 Å². The predicted octanol–water partition coefficient (Wildman–Crippen LogP) is 4.28. The highest BCUT2D eigenvalue weighted by Gasteiger charge is 2.04. The van der Waals surface area contributed by atoms with E-state index in [1.807, 2.05) is 0 Å². The zero-order valence-corrected chi connectivity index (χ0v) is 19.1. The minimum absolute atomic E-state index is 0.250. The van der Waals surface area contributed by atoms with Gasteiger partial charge in [0.2, 0.25) is 0 Å². The van der Waals surface area contributed by atoms with Gasteiger partial charge >= 0.3 is 0 Å². The minimum atomic E-state index is -0.250. The molecule has 0 aliphatic carbocycles. The van der Waals surface area contributed by atoms with Crippen molar-refractivity contribution in [2.75, 3.05) is 40.0 Å². The zero-order valence-electron chi connectivity index (χ0n) is 19.1. The number of methoxy groups -OCH3 is 1. The molecule has 0 aromatic heterocycles. The minimum Gasteiger partial charge on any atom is -0.483 e. The van der Waals surface area contributed by atoms with Crippen molar-refractivity contribution in [2.24, 2.45) is 5.92 Å². The summed E-state index contributed by atoms with van der Waals surface area (Å²) in [5.41, 5.74) is 0. The van der Waals surface area contributed by atoms with Gasteiger partial charge in [0.15, 0.2) is 0 Å². The largest absolute Gasteiger partial charge is 0.483 e. The molecule has 3 N–H and O–H groups in total. The molecule has 0 fully saturated rings. The van der Waals surface area contributed by atoms with E-state index in [4.69, 9.17) is 24.5 Å². The Hall–Kier alpha value is -1.18. The molecule has 0 aliphatic heterocycles. The molecule has 1 unspecified atom stereocenters. The molecule has 7 nitrogen and oxygen atoms in total. The van der Waals surface area contributed by atoms with Crippen LogP contribution >= 0.6 is 0 Å². The molecule has 176 valence electrons. The Morgan fingerprint density at radius 1 is 0.828 bits per heavy atom. The molecule has 29 heavy (non-hydrogen) atoms.